The summed E-state index contributed by atoms with van der Waals surface area (Å²) in [5.41, 5.74) is 8.54. The number of nitrogens with zero attached hydrogens (tertiary/aromatic N) is 3. The Kier molecular flexibility index (Phi) is 4.02. The Morgan fingerprint density at radius 3 is 2.10 bits per heavy atom. The molecule has 4 heteroatoms. The highest BCUT2D eigenvalue weighted by atomic mass is 16.3. The van der Waals surface area contributed by atoms with Crippen LogP contribution in [0.3, 0.4) is 0 Å². The van der Waals surface area contributed by atoms with Gasteiger partial charge >= 0.3 is 0 Å². The van der Waals surface area contributed by atoms with E-state index in [1.54, 1.807) is 0 Å². The summed E-state index contributed by atoms with van der Waals surface area (Å²) >= 11 is 0. The lowest BCUT2D eigenvalue weighted by Crippen LogP contribution is -1.96. The monoisotopic (exact) mass is 499 g/mol. The topological polar surface area (TPSA) is 35.9 Å². The number of oxazole rings is 1. The summed E-state index contributed by atoms with van der Waals surface area (Å²) in [4.78, 5) is 4.61. The minimum absolute atomic E-state index is 0.783. The van der Waals surface area contributed by atoms with Crippen LogP contribution in [-0.4, -0.2) is 14.1 Å². The Labute approximate surface area is 222 Å². The summed E-state index contributed by atoms with van der Waals surface area (Å²) in [5.74, 6) is 0. The van der Waals surface area contributed by atoms with Crippen LogP contribution in [0, 0.1) is 0 Å². The van der Waals surface area contributed by atoms with Crippen LogP contribution in [0.25, 0.3) is 76.9 Å². The van der Waals surface area contributed by atoms with E-state index in [1.165, 1.54) is 55.3 Å². The number of para-hydroxylation sites is 4. The molecule has 9 aromatic rings. The molecule has 4 nitrogen and oxygen atoms in total. The van der Waals surface area contributed by atoms with E-state index in [1.807, 2.05) is 12.1 Å². The molecular weight excluding hydrogens is 478 g/mol. The van der Waals surface area contributed by atoms with Crippen molar-refractivity contribution < 1.29 is 4.42 Å². The maximum absolute atomic E-state index is 5.70. The van der Waals surface area contributed by atoms with Crippen LogP contribution >= 0.6 is 0 Å². The predicted molar refractivity (Wildman–Crippen MR) is 160 cm³/mol. The van der Waals surface area contributed by atoms with Crippen molar-refractivity contribution >= 4 is 65.5 Å². The molecule has 0 aliphatic rings. The first-order chi connectivity index (χ1) is 19.4. The molecule has 6 aromatic carbocycles. The lowest BCUT2D eigenvalue weighted by molar-refractivity contribution is 0.602. The standard InChI is InChI=1S/C35H21N3O/c1-2-9-23(10-3-1)37-29-13-6-5-12-25(29)28-19-22-17-18-26-24-11-4-7-14-30(24)38(35(26)27(22)20-32(28)37)31-15-8-16-33-34(31)36-21-39-33/h1-21H. The third kappa shape index (κ3) is 2.75. The van der Waals surface area contributed by atoms with Gasteiger partial charge in [-0.1, -0.05) is 72.8 Å². The van der Waals surface area contributed by atoms with Crippen molar-refractivity contribution in [3.8, 4) is 11.4 Å². The van der Waals surface area contributed by atoms with Crippen LogP contribution in [0.15, 0.2) is 132 Å². The predicted octanol–water partition coefficient (Wildman–Crippen LogP) is 9.18. The Balaban J connectivity index is 1.51. The maximum Gasteiger partial charge on any atom is 0.182 e. The highest BCUT2D eigenvalue weighted by Gasteiger charge is 2.19. The van der Waals surface area contributed by atoms with Gasteiger partial charge in [-0.2, -0.15) is 0 Å². The Morgan fingerprint density at radius 1 is 0.513 bits per heavy atom. The number of benzene rings is 6. The smallest absolute Gasteiger partial charge is 0.182 e. The molecule has 0 saturated heterocycles. The van der Waals surface area contributed by atoms with E-state index in [4.69, 9.17) is 4.42 Å². The number of hydrogen-bond donors (Lipinski definition) is 0. The number of fused-ring (bicyclic) bond motifs is 9. The molecule has 0 radical (unpaired) electrons. The van der Waals surface area contributed by atoms with Crippen molar-refractivity contribution in [2.24, 2.45) is 0 Å². The van der Waals surface area contributed by atoms with Crippen molar-refractivity contribution in [3.05, 3.63) is 128 Å². The van der Waals surface area contributed by atoms with Gasteiger partial charge in [-0.05, 0) is 53.9 Å². The Bertz CT molecular complexity index is 2390. The fraction of sp³-hybridized carbons (Fsp3) is 0. The van der Waals surface area contributed by atoms with E-state index >= 15 is 0 Å². The molecule has 0 unspecified atom stereocenters. The van der Waals surface area contributed by atoms with E-state index in [0.717, 1.165) is 28.0 Å². The molecule has 0 N–H and O–H groups in total. The van der Waals surface area contributed by atoms with Crippen molar-refractivity contribution in [1.82, 2.24) is 14.1 Å². The van der Waals surface area contributed by atoms with Gasteiger partial charge in [0.15, 0.2) is 12.0 Å². The molecule has 0 spiro atoms. The van der Waals surface area contributed by atoms with Gasteiger partial charge in [0.2, 0.25) is 0 Å². The summed E-state index contributed by atoms with van der Waals surface area (Å²) in [7, 11) is 0. The Morgan fingerprint density at radius 2 is 1.26 bits per heavy atom. The van der Waals surface area contributed by atoms with Gasteiger partial charge in [-0.15, -0.1) is 0 Å². The van der Waals surface area contributed by atoms with E-state index in [0.29, 0.717) is 0 Å². The molecular formula is C35H21N3O. The third-order valence-electron chi connectivity index (χ3n) is 8.04. The summed E-state index contributed by atoms with van der Waals surface area (Å²) in [5, 5.41) is 7.37. The van der Waals surface area contributed by atoms with Gasteiger partial charge in [-0.25, -0.2) is 4.98 Å². The van der Waals surface area contributed by atoms with E-state index in [2.05, 4.69) is 123 Å². The molecule has 0 bridgehead atoms. The SMILES string of the molecule is c1ccc(-n2c3ccccc3c3cc4ccc5c6ccccc6n(-c6cccc7ocnc67)c5c4cc32)cc1. The second kappa shape index (κ2) is 7.59. The van der Waals surface area contributed by atoms with Crippen LogP contribution in [0.2, 0.25) is 0 Å². The van der Waals surface area contributed by atoms with Gasteiger partial charge in [0.05, 0.1) is 27.8 Å². The van der Waals surface area contributed by atoms with Gasteiger partial charge in [0.1, 0.15) is 5.52 Å². The first-order valence-corrected chi connectivity index (χ1v) is 13.1. The van der Waals surface area contributed by atoms with E-state index in [-0.39, 0.29) is 0 Å². The van der Waals surface area contributed by atoms with Crippen LogP contribution in [0.5, 0.6) is 0 Å². The van der Waals surface area contributed by atoms with Gasteiger partial charge in [-0.3, -0.25) is 0 Å². The number of aromatic nitrogens is 3. The lowest BCUT2D eigenvalue weighted by atomic mass is 10.0. The minimum Gasteiger partial charge on any atom is -0.443 e. The average Bonchev–Trinajstić information content (AvgIpc) is 3.69. The zero-order chi connectivity index (χ0) is 25.5. The molecule has 3 aromatic heterocycles. The van der Waals surface area contributed by atoms with Crippen molar-refractivity contribution in [1.29, 1.82) is 0 Å². The number of hydrogen-bond acceptors (Lipinski definition) is 2. The van der Waals surface area contributed by atoms with Gasteiger partial charge in [0.25, 0.3) is 0 Å². The van der Waals surface area contributed by atoms with Crippen LogP contribution in [0.1, 0.15) is 0 Å². The number of rotatable bonds is 2. The van der Waals surface area contributed by atoms with Crippen LogP contribution in [0.4, 0.5) is 0 Å². The second-order valence-corrected chi connectivity index (χ2v) is 10.1. The lowest BCUT2D eigenvalue weighted by Gasteiger charge is -2.12. The van der Waals surface area contributed by atoms with E-state index < -0.39 is 0 Å². The minimum atomic E-state index is 0.783. The van der Waals surface area contributed by atoms with Crippen molar-refractivity contribution in [3.63, 3.8) is 0 Å². The maximum atomic E-state index is 5.70. The molecule has 0 aliphatic heterocycles. The Hall–Kier alpha value is -5.35. The highest BCUT2D eigenvalue weighted by molar-refractivity contribution is 6.23. The molecule has 39 heavy (non-hydrogen) atoms. The largest absolute Gasteiger partial charge is 0.443 e. The molecule has 3 heterocycles. The van der Waals surface area contributed by atoms with Crippen molar-refractivity contribution in [2.45, 2.75) is 0 Å². The summed E-state index contributed by atoms with van der Waals surface area (Å²) in [6.07, 6.45) is 1.53. The van der Waals surface area contributed by atoms with Gasteiger partial charge < -0.3 is 13.6 Å². The van der Waals surface area contributed by atoms with Crippen LogP contribution in [-0.2, 0) is 0 Å². The molecule has 0 aliphatic carbocycles. The zero-order valence-corrected chi connectivity index (χ0v) is 20.9. The normalized spacial score (nSPS) is 12.1. The summed E-state index contributed by atoms with van der Waals surface area (Å²) in [6.45, 7) is 0. The summed E-state index contributed by atoms with van der Waals surface area (Å²) in [6, 6.07) is 43.3. The quantitative estimate of drug-likeness (QED) is 0.238. The fourth-order valence-corrected chi connectivity index (χ4v) is 6.40. The van der Waals surface area contributed by atoms with E-state index in [9.17, 15) is 0 Å². The molecule has 0 atom stereocenters. The molecule has 0 fully saturated rings. The average molecular weight is 500 g/mol. The first-order valence-electron chi connectivity index (χ1n) is 13.1. The second-order valence-electron chi connectivity index (χ2n) is 10.1. The highest BCUT2D eigenvalue weighted by Crippen LogP contribution is 2.41. The third-order valence-corrected chi connectivity index (χ3v) is 8.04. The molecule has 182 valence electrons. The molecule has 0 amide bonds. The molecule has 9 rings (SSSR count). The summed E-state index contributed by atoms with van der Waals surface area (Å²) < 4.78 is 10.4. The first kappa shape index (κ1) is 20.7. The zero-order valence-electron chi connectivity index (χ0n) is 20.9. The van der Waals surface area contributed by atoms with Crippen LogP contribution < -0.4 is 0 Å². The molecule has 0 saturated carbocycles. The van der Waals surface area contributed by atoms with Crippen molar-refractivity contribution in [2.75, 3.05) is 0 Å². The van der Waals surface area contributed by atoms with Gasteiger partial charge in [0, 0.05) is 32.6 Å². The fourth-order valence-electron chi connectivity index (χ4n) is 6.40.